The molecular weight excluding hydrogens is 236 g/mol. The Bertz CT molecular complexity index is 452. The average molecular weight is 258 g/mol. The van der Waals surface area contributed by atoms with Crippen molar-refractivity contribution in [3.05, 3.63) is 35.4 Å². The third kappa shape index (κ3) is 2.81. The molecule has 1 saturated carbocycles. The third-order valence-electron chi connectivity index (χ3n) is 4.36. The molecule has 0 aromatic heterocycles. The van der Waals surface area contributed by atoms with Crippen molar-refractivity contribution in [2.24, 2.45) is 0 Å². The Morgan fingerprint density at radius 2 is 1.95 bits per heavy atom. The van der Waals surface area contributed by atoms with E-state index in [1.165, 1.54) is 30.4 Å². The van der Waals surface area contributed by atoms with Crippen molar-refractivity contribution in [3.63, 3.8) is 0 Å². The van der Waals surface area contributed by atoms with Crippen molar-refractivity contribution in [1.29, 1.82) is 0 Å². The molecule has 1 aliphatic carbocycles. The number of rotatable bonds is 2. The van der Waals surface area contributed by atoms with E-state index in [4.69, 9.17) is 0 Å². The summed E-state index contributed by atoms with van der Waals surface area (Å²) in [5.74, 6) is 0.179. The van der Waals surface area contributed by atoms with Gasteiger partial charge in [0.05, 0.1) is 5.92 Å². The van der Waals surface area contributed by atoms with Gasteiger partial charge in [0.25, 0.3) is 0 Å². The molecule has 0 saturated heterocycles. The van der Waals surface area contributed by atoms with E-state index in [-0.39, 0.29) is 11.8 Å². The molecule has 0 spiro atoms. The fourth-order valence-electron chi connectivity index (χ4n) is 3.28. The van der Waals surface area contributed by atoms with E-state index in [1.807, 2.05) is 12.1 Å². The van der Waals surface area contributed by atoms with Crippen LogP contribution in [0.15, 0.2) is 24.3 Å². The minimum absolute atomic E-state index is 0.0214. The van der Waals surface area contributed by atoms with Gasteiger partial charge >= 0.3 is 0 Å². The summed E-state index contributed by atoms with van der Waals surface area (Å²) in [6.45, 7) is 1.64. The molecule has 3 rings (SSSR count). The molecule has 1 aliphatic heterocycles. The van der Waals surface area contributed by atoms with Crippen molar-refractivity contribution < 1.29 is 4.79 Å². The Hall–Kier alpha value is -1.35. The number of hydrogen-bond donors (Lipinski definition) is 2. The summed E-state index contributed by atoms with van der Waals surface area (Å²) in [6.07, 6.45) is 6.12. The van der Waals surface area contributed by atoms with Crippen LogP contribution in [0.5, 0.6) is 0 Å². The van der Waals surface area contributed by atoms with Gasteiger partial charge in [0, 0.05) is 19.1 Å². The van der Waals surface area contributed by atoms with E-state index >= 15 is 0 Å². The van der Waals surface area contributed by atoms with E-state index in [0.717, 1.165) is 25.9 Å². The smallest absolute Gasteiger partial charge is 0.229 e. The molecule has 1 atom stereocenters. The van der Waals surface area contributed by atoms with Gasteiger partial charge < -0.3 is 10.6 Å². The average Bonchev–Trinajstić information content (AvgIpc) is 2.47. The monoisotopic (exact) mass is 258 g/mol. The molecule has 102 valence electrons. The number of carbonyl (C=O) groups excluding carboxylic acids is 1. The van der Waals surface area contributed by atoms with Gasteiger partial charge in [0.15, 0.2) is 0 Å². The minimum atomic E-state index is -0.0214. The van der Waals surface area contributed by atoms with E-state index in [1.54, 1.807) is 0 Å². The molecule has 1 heterocycles. The van der Waals surface area contributed by atoms with Gasteiger partial charge in [-0.05, 0) is 24.0 Å². The van der Waals surface area contributed by atoms with Gasteiger partial charge in [-0.2, -0.15) is 0 Å². The first-order chi connectivity index (χ1) is 9.34. The Balaban J connectivity index is 1.70. The number of hydrogen-bond acceptors (Lipinski definition) is 2. The number of fused-ring (bicyclic) bond motifs is 1. The molecule has 2 N–H and O–H groups in total. The van der Waals surface area contributed by atoms with Crippen LogP contribution in [0.25, 0.3) is 0 Å². The summed E-state index contributed by atoms with van der Waals surface area (Å²) in [6, 6.07) is 8.69. The van der Waals surface area contributed by atoms with Crippen molar-refractivity contribution in [3.8, 4) is 0 Å². The molecule has 1 aromatic carbocycles. The summed E-state index contributed by atoms with van der Waals surface area (Å²) < 4.78 is 0. The summed E-state index contributed by atoms with van der Waals surface area (Å²) in [5, 5.41) is 6.60. The molecular formula is C16H22N2O. The van der Waals surface area contributed by atoms with Crippen molar-refractivity contribution in [2.75, 3.05) is 6.54 Å². The Morgan fingerprint density at radius 1 is 1.16 bits per heavy atom. The lowest BCUT2D eigenvalue weighted by Gasteiger charge is -2.29. The highest BCUT2D eigenvalue weighted by molar-refractivity contribution is 5.84. The van der Waals surface area contributed by atoms with Gasteiger partial charge in [-0.25, -0.2) is 0 Å². The molecule has 1 amide bonds. The lowest BCUT2D eigenvalue weighted by molar-refractivity contribution is -0.123. The summed E-state index contributed by atoms with van der Waals surface area (Å²) >= 11 is 0. The molecule has 2 aliphatic rings. The minimum Gasteiger partial charge on any atom is -0.353 e. The summed E-state index contributed by atoms with van der Waals surface area (Å²) in [7, 11) is 0. The van der Waals surface area contributed by atoms with Crippen molar-refractivity contribution in [2.45, 2.75) is 50.6 Å². The second kappa shape index (κ2) is 5.74. The maximum absolute atomic E-state index is 12.5. The van der Waals surface area contributed by atoms with Crippen LogP contribution < -0.4 is 10.6 Å². The maximum atomic E-state index is 12.5. The Kier molecular flexibility index (Phi) is 3.83. The molecule has 19 heavy (non-hydrogen) atoms. The standard InChI is InChI=1S/C16H22N2O/c19-16(18-13-7-2-1-3-8-13)15-11-17-10-12-6-4-5-9-14(12)15/h4-6,9,13,15,17H,1-3,7-8,10-11H2,(H,18,19). The molecule has 1 aromatic rings. The molecule has 1 fully saturated rings. The normalized spacial score (nSPS) is 23.7. The highest BCUT2D eigenvalue weighted by atomic mass is 16.2. The highest BCUT2D eigenvalue weighted by Gasteiger charge is 2.27. The van der Waals surface area contributed by atoms with Crippen LogP contribution in [0.1, 0.15) is 49.1 Å². The van der Waals surface area contributed by atoms with E-state index < -0.39 is 0 Å². The van der Waals surface area contributed by atoms with E-state index in [9.17, 15) is 4.79 Å². The van der Waals surface area contributed by atoms with Crippen LogP contribution in [0, 0.1) is 0 Å². The number of carbonyl (C=O) groups is 1. The second-order valence-corrected chi connectivity index (χ2v) is 5.73. The molecule has 1 unspecified atom stereocenters. The molecule has 0 radical (unpaired) electrons. The van der Waals surface area contributed by atoms with Crippen LogP contribution in [-0.4, -0.2) is 18.5 Å². The van der Waals surface area contributed by atoms with Gasteiger partial charge in [-0.15, -0.1) is 0 Å². The second-order valence-electron chi connectivity index (χ2n) is 5.73. The first-order valence-electron chi connectivity index (χ1n) is 7.43. The first-order valence-corrected chi connectivity index (χ1v) is 7.43. The third-order valence-corrected chi connectivity index (χ3v) is 4.36. The van der Waals surface area contributed by atoms with Gasteiger partial charge in [-0.1, -0.05) is 43.5 Å². The van der Waals surface area contributed by atoms with E-state index in [0.29, 0.717) is 6.04 Å². The Labute approximate surface area is 114 Å². The lowest BCUT2D eigenvalue weighted by atomic mass is 9.89. The molecule has 3 heteroatoms. The van der Waals surface area contributed by atoms with Crippen LogP contribution in [0.3, 0.4) is 0 Å². The zero-order valence-electron chi connectivity index (χ0n) is 11.3. The number of nitrogens with one attached hydrogen (secondary N) is 2. The highest BCUT2D eigenvalue weighted by Crippen LogP contribution is 2.25. The van der Waals surface area contributed by atoms with Crippen molar-refractivity contribution >= 4 is 5.91 Å². The van der Waals surface area contributed by atoms with Gasteiger partial charge in [0.1, 0.15) is 0 Å². The van der Waals surface area contributed by atoms with Crippen LogP contribution in [-0.2, 0) is 11.3 Å². The van der Waals surface area contributed by atoms with Gasteiger partial charge in [0.2, 0.25) is 5.91 Å². The summed E-state index contributed by atoms with van der Waals surface area (Å²) in [4.78, 5) is 12.5. The number of amides is 1. The fraction of sp³-hybridized carbons (Fsp3) is 0.562. The van der Waals surface area contributed by atoms with Crippen LogP contribution >= 0.6 is 0 Å². The lowest BCUT2D eigenvalue weighted by Crippen LogP contribution is -2.43. The molecule has 3 nitrogen and oxygen atoms in total. The first kappa shape index (κ1) is 12.7. The molecule has 0 bridgehead atoms. The quantitative estimate of drug-likeness (QED) is 0.855. The topological polar surface area (TPSA) is 41.1 Å². The summed E-state index contributed by atoms with van der Waals surface area (Å²) in [5.41, 5.74) is 2.46. The SMILES string of the molecule is O=C(NC1CCCCC1)C1CNCc2ccccc21. The zero-order valence-corrected chi connectivity index (χ0v) is 11.3. The van der Waals surface area contributed by atoms with Gasteiger partial charge in [-0.3, -0.25) is 4.79 Å². The number of benzene rings is 1. The predicted octanol–water partition coefficient (Wildman–Crippen LogP) is 2.32. The maximum Gasteiger partial charge on any atom is 0.229 e. The van der Waals surface area contributed by atoms with Crippen LogP contribution in [0.2, 0.25) is 0 Å². The van der Waals surface area contributed by atoms with Crippen LogP contribution in [0.4, 0.5) is 0 Å². The fourth-order valence-corrected chi connectivity index (χ4v) is 3.28. The van der Waals surface area contributed by atoms with Crippen molar-refractivity contribution in [1.82, 2.24) is 10.6 Å². The zero-order chi connectivity index (χ0) is 13.1. The largest absolute Gasteiger partial charge is 0.353 e. The predicted molar refractivity (Wildman–Crippen MR) is 75.9 cm³/mol. The Morgan fingerprint density at radius 3 is 2.79 bits per heavy atom. The van der Waals surface area contributed by atoms with E-state index in [2.05, 4.69) is 22.8 Å².